The second-order valence-corrected chi connectivity index (χ2v) is 7.98. The van der Waals surface area contributed by atoms with Gasteiger partial charge in [-0.05, 0) is 42.8 Å². The van der Waals surface area contributed by atoms with Gasteiger partial charge in [0.05, 0.1) is 33.1 Å². The van der Waals surface area contributed by atoms with Gasteiger partial charge in [0, 0.05) is 0 Å². The molecule has 0 aliphatic heterocycles. The molecule has 0 fully saturated rings. The molecular weight excluding hydrogens is 360 g/mol. The van der Waals surface area contributed by atoms with E-state index in [9.17, 15) is 23.1 Å². The summed E-state index contributed by atoms with van der Waals surface area (Å²) in [5, 5.41) is 18.8. The van der Waals surface area contributed by atoms with Crippen LogP contribution in [0.3, 0.4) is 0 Å². The predicted octanol–water partition coefficient (Wildman–Crippen LogP) is 2.19. The van der Waals surface area contributed by atoms with Crippen molar-refractivity contribution in [2.45, 2.75) is 24.3 Å². The lowest BCUT2D eigenvalue weighted by atomic mass is 10.1. The molecule has 136 valence electrons. The zero-order chi connectivity index (χ0) is 19.1. The normalized spacial score (nSPS) is 13.2. The number of benzene rings is 2. The van der Waals surface area contributed by atoms with E-state index in [1.54, 1.807) is 6.92 Å². The molecule has 7 nitrogen and oxygen atoms in total. The van der Waals surface area contributed by atoms with Gasteiger partial charge in [-0.2, -0.15) is 0 Å². The lowest BCUT2D eigenvalue weighted by molar-refractivity contribution is 0.0697. The third-order valence-corrected chi connectivity index (χ3v) is 5.92. The zero-order valence-corrected chi connectivity index (χ0v) is 14.6. The van der Waals surface area contributed by atoms with Crippen molar-refractivity contribution in [2.24, 2.45) is 0 Å². The summed E-state index contributed by atoms with van der Waals surface area (Å²) in [6, 6.07) is 7.82. The third kappa shape index (κ3) is 3.21. The van der Waals surface area contributed by atoms with E-state index in [1.165, 1.54) is 36.4 Å². The van der Waals surface area contributed by atoms with Gasteiger partial charge in [-0.25, -0.2) is 13.2 Å². The molecule has 0 saturated carbocycles. The second-order valence-electron chi connectivity index (χ2n) is 5.95. The molecule has 26 heavy (non-hydrogen) atoms. The number of hydrogen-bond donors (Lipinski definition) is 2. The van der Waals surface area contributed by atoms with Gasteiger partial charge in [0.1, 0.15) is 11.2 Å². The van der Waals surface area contributed by atoms with Gasteiger partial charge in [0.2, 0.25) is 5.43 Å². The van der Waals surface area contributed by atoms with Crippen LogP contribution < -0.4 is 5.43 Å². The fraction of sp³-hybridized carbons (Fsp3) is 0.222. The summed E-state index contributed by atoms with van der Waals surface area (Å²) in [6.07, 6.45) is -0.709. The Labute approximate surface area is 148 Å². The van der Waals surface area contributed by atoms with E-state index in [0.717, 1.165) is 0 Å². The van der Waals surface area contributed by atoms with Crippen molar-refractivity contribution in [3.05, 3.63) is 52.2 Å². The first-order valence-corrected chi connectivity index (χ1v) is 9.53. The molecule has 0 spiro atoms. The fourth-order valence-electron chi connectivity index (χ4n) is 2.63. The van der Waals surface area contributed by atoms with E-state index in [2.05, 4.69) is 0 Å². The third-order valence-electron chi connectivity index (χ3n) is 4.13. The molecule has 0 aliphatic carbocycles. The van der Waals surface area contributed by atoms with Crippen LogP contribution >= 0.6 is 0 Å². The molecule has 0 aliphatic rings. The van der Waals surface area contributed by atoms with Crippen LogP contribution in [0.4, 0.5) is 0 Å². The van der Waals surface area contributed by atoms with Gasteiger partial charge < -0.3 is 14.6 Å². The summed E-state index contributed by atoms with van der Waals surface area (Å²) in [5.41, 5.74) is -0.179. The van der Waals surface area contributed by atoms with Crippen LogP contribution in [0, 0.1) is 0 Å². The molecule has 8 heteroatoms. The molecule has 0 amide bonds. The number of rotatable bonds is 5. The van der Waals surface area contributed by atoms with Gasteiger partial charge in [-0.3, -0.25) is 4.79 Å². The summed E-state index contributed by atoms with van der Waals surface area (Å²) in [4.78, 5) is 23.7. The number of hydrogen-bond acceptors (Lipinski definition) is 6. The van der Waals surface area contributed by atoms with Crippen molar-refractivity contribution >= 4 is 37.7 Å². The summed E-state index contributed by atoms with van der Waals surface area (Å²) < 4.78 is 30.4. The molecule has 1 unspecified atom stereocenters. The lowest BCUT2D eigenvalue weighted by Gasteiger charge is -2.10. The highest BCUT2D eigenvalue weighted by molar-refractivity contribution is 7.91. The number of carboxylic acid groups (broad SMARTS) is 1. The summed E-state index contributed by atoms with van der Waals surface area (Å²) in [7, 11) is -3.78. The number of carboxylic acids is 1. The number of aliphatic hydroxyl groups is 1. The number of carbonyl (C=O) groups is 1. The number of aromatic carboxylic acids is 1. The Morgan fingerprint density at radius 1 is 1.12 bits per heavy atom. The van der Waals surface area contributed by atoms with Gasteiger partial charge in [0.25, 0.3) is 0 Å². The molecule has 1 heterocycles. The predicted molar refractivity (Wildman–Crippen MR) is 95.3 cm³/mol. The van der Waals surface area contributed by atoms with Gasteiger partial charge >= 0.3 is 5.97 Å². The maximum atomic E-state index is 12.7. The van der Waals surface area contributed by atoms with Crippen LogP contribution in [0.5, 0.6) is 0 Å². The van der Waals surface area contributed by atoms with Crippen molar-refractivity contribution in [3.63, 3.8) is 0 Å². The number of aliphatic hydroxyl groups excluding tert-OH is 1. The molecular formula is C18H16O7S. The van der Waals surface area contributed by atoms with Crippen LogP contribution in [-0.4, -0.2) is 36.5 Å². The zero-order valence-electron chi connectivity index (χ0n) is 13.8. The summed E-state index contributed by atoms with van der Waals surface area (Å²) >= 11 is 0. The van der Waals surface area contributed by atoms with Gasteiger partial charge in [-0.1, -0.05) is 6.92 Å². The van der Waals surface area contributed by atoms with E-state index in [-0.39, 0.29) is 38.8 Å². The highest BCUT2D eigenvalue weighted by atomic mass is 32.2. The highest BCUT2D eigenvalue weighted by Crippen LogP contribution is 2.23. The van der Waals surface area contributed by atoms with E-state index in [1.807, 2.05) is 0 Å². The monoisotopic (exact) mass is 376 g/mol. The van der Waals surface area contributed by atoms with Gasteiger partial charge in [-0.15, -0.1) is 0 Å². The Bertz CT molecular complexity index is 1180. The SMILES string of the molecule is CCC(O)CS(=O)(=O)c1ccc2oc3ccc(C(=O)O)cc3c(=O)c2c1. The minimum Gasteiger partial charge on any atom is -0.478 e. The Hall–Kier alpha value is -2.71. The Kier molecular flexibility index (Phi) is 4.55. The first kappa shape index (κ1) is 18.1. The Balaban J connectivity index is 2.23. The molecule has 1 atom stereocenters. The van der Waals surface area contributed by atoms with Gasteiger partial charge in [0.15, 0.2) is 9.84 Å². The highest BCUT2D eigenvalue weighted by Gasteiger charge is 2.20. The van der Waals surface area contributed by atoms with Crippen LogP contribution in [0.15, 0.2) is 50.5 Å². The fourth-order valence-corrected chi connectivity index (χ4v) is 4.14. The van der Waals surface area contributed by atoms with E-state index in [4.69, 9.17) is 9.52 Å². The number of sulfone groups is 1. The van der Waals surface area contributed by atoms with Crippen molar-refractivity contribution in [2.75, 3.05) is 5.75 Å². The lowest BCUT2D eigenvalue weighted by Crippen LogP contribution is -2.20. The summed E-state index contributed by atoms with van der Waals surface area (Å²) in [6.45, 7) is 1.67. The molecule has 0 bridgehead atoms. The largest absolute Gasteiger partial charge is 0.478 e. The quantitative estimate of drug-likeness (QED) is 0.655. The Morgan fingerprint density at radius 3 is 2.35 bits per heavy atom. The molecule has 3 aromatic rings. The minimum atomic E-state index is -3.78. The average Bonchev–Trinajstić information content (AvgIpc) is 2.60. The molecule has 0 radical (unpaired) electrons. The standard InChI is InChI=1S/C18H16O7S/c1-2-11(19)9-26(23,24)12-4-6-16-14(8-12)17(20)13-7-10(18(21)22)3-5-15(13)25-16/h3-8,11,19H,2,9H2,1H3,(H,21,22). The van der Waals surface area contributed by atoms with Crippen molar-refractivity contribution in [1.82, 2.24) is 0 Å². The van der Waals surface area contributed by atoms with Crippen molar-refractivity contribution in [3.8, 4) is 0 Å². The second kappa shape index (κ2) is 6.54. The molecule has 1 aromatic heterocycles. The molecule has 2 aromatic carbocycles. The molecule has 2 N–H and O–H groups in total. The van der Waals surface area contributed by atoms with Crippen molar-refractivity contribution in [1.29, 1.82) is 0 Å². The van der Waals surface area contributed by atoms with Crippen LogP contribution in [0.2, 0.25) is 0 Å². The van der Waals surface area contributed by atoms with E-state index < -0.39 is 33.1 Å². The number of fused-ring (bicyclic) bond motifs is 2. The maximum absolute atomic E-state index is 12.7. The summed E-state index contributed by atoms with van der Waals surface area (Å²) in [5.74, 6) is -1.63. The van der Waals surface area contributed by atoms with E-state index >= 15 is 0 Å². The topological polar surface area (TPSA) is 122 Å². The van der Waals surface area contributed by atoms with Crippen molar-refractivity contribution < 1.29 is 27.8 Å². The molecule has 0 saturated heterocycles. The van der Waals surface area contributed by atoms with Crippen LogP contribution in [-0.2, 0) is 9.84 Å². The minimum absolute atomic E-state index is 0.0344. The first-order chi connectivity index (χ1) is 12.2. The average molecular weight is 376 g/mol. The Morgan fingerprint density at radius 2 is 1.73 bits per heavy atom. The maximum Gasteiger partial charge on any atom is 0.335 e. The first-order valence-electron chi connectivity index (χ1n) is 7.87. The smallest absolute Gasteiger partial charge is 0.335 e. The molecule has 3 rings (SSSR count). The van der Waals surface area contributed by atoms with E-state index in [0.29, 0.717) is 0 Å². The van der Waals surface area contributed by atoms with Crippen LogP contribution in [0.1, 0.15) is 23.7 Å². The van der Waals surface area contributed by atoms with Crippen LogP contribution in [0.25, 0.3) is 21.9 Å².